The van der Waals surface area contributed by atoms with Crippen molar-refractivity contribution in [2.45, 2.75) is 12.3 Å². The summed E-state index contributed by atoms with van der Waals surface area (Å²) in [5, 5.41) is 9.10. The van der Waals surface area contributed by atoms with Crippen LogP contribution in [0, 0.1) is 12.3 Å². The third-order valence-corrected chi connectivity index (χ3v) is 2.10. The topological polar surface area (TPSA) is 46.5 Å². The Bertz CT molecular complexity index is 373. The maximum atomic E-state index is 11.1. The summed E-state index contributed by atoms with van der Waals surface area (Å²) in [5.74, 6) is 2.05. The molecule has 0 unspecified atom stereocenters. The minimum atomic E-state index is -0.342. The van der Waals surface area contributed by atoms with Gasteiger partial charge in [0.15, 0.2) is 0 Å². The summed E-state index contributed by atoms with van der Waals surface area (Å²) in [7, 11) is 1.33. The van der Waals surface area contributed by atoms with Gasteiger partial charge in [-0.3, -0.25) is 4.79 Å². The molecule has 0 saturated carbocycles. The number of phenolic OH excluding ortho intramolecular Hbond substituents is 1. The van der Waals surface area contributed by atoms with Gasteiger partial charge in [0, 0.05) is 0 Å². The molecule has 0 saturated heterocycles. The first-order valence-electron chi connectivity index (χ1n) is 4.49. The summed E-state index contributed by atoms with van der Waals surface area (Å²) in [5.41, 5.74) is 0.820. The maximum absolute atomic E-state index is 11.1. The molecule has 1 N–H and O–H groups in total. The summed E-state index contributed by atoms with van der Waals surface area (Å²) in [6, 6.07) is 6.47. The van der Waals surface area contributed by atoms with Crippen molar-refractivity contribution in [1.29, 1.82) is 0 Å². The molecule has 0 fully saturated rings. The fourth-order valence-corrected chi connectivity index (χ4v) is 1.23. The third-order valence-electron chi connectivity index (χ3n) is 2.10. The monoisotopic (exact) mass is 204 g/mol. The van der Waals surface area contributed by atoms with E-state index in [0.717, 1.165) is 5.56 Å². The molecule has 1 atom stereocenters. The molecule has 0 aliphatic rings. The fourth-order valence-electron chi connectivity index (χ4n) is 1.23. The lowest BCUT2D eigenvalue weighted by Crippen LogP contribution is -2.07. The number of ether oxygens (including phenoxy) is 1. The number of carbonyl (C=O) groups excluding carboxylic acids is 1. The molecule has 78 valence electrons. The highest BCUT2D eigenvalue weighted by Gasteiger charge is 2.13. The average Bonchev–Trinajstić information content (AvgIpc) is 2.27. The van der Waals surface area contributed by atoms with Gasteiger partial charge in [0.1, 0.15) is 5.75 Å². The van der Waals surface area contributed by atoms with Crippen molar-refractivity contribution in [2.24, 2.45) is 0 Å². The second kappa shape index (κ2) is 5.06. The van der Waals surface area contributed by atoms with Crippen LogP contribution in [0.2, 0.25) is 0 Å². The minimum absolute atomic E-state index is 0.151. The van der Waals surface area contributed by atoms with E-state index >= 15 is 0 Å². The largest absolute Gasteiger partial charge is 0.508 e. The summed E-state index contributed by atoms with van der Waals surface area (Å²) in [6.07, 6.45) is 5.48. The van der Waals surface area contributed by atoms with Crippen LogP contribution in [0.4, 0.5) is 0 Å². The Morgan fingerprint density at radius 2 is 2.13 bits per heavy atom. The second-order valence-corrected chi connectivity index (χ2v) is 3.09. The highest BCUT2D eigenvalue weighted by atomic mass is 16.5. The van der Waals surface area contributed by atoms with Crippen LogP contribution in [0.25, 0.3) is 0 Å². The molecule has 0 aliphatic heterocycles. The molecule has 3 heteroatoms. The lowest BCUT2D eigenvalue weighted by molar-refractivity contribution is -0.140. The molecule has 0 aromatic heterocycles. The summed E-state index contributed by atoms with van der Waals surface area (Å²) < 4.78 is 4.54. The smallest absolute Gasteiger partial charge is 0.307 e. The van der Waals surface area contributed by atoms with E-state index in [2.05, 4.69) is 10.7 Å². The van der Waals surface area contributed by atoms with Crippen LogP contribution in [-0.4, -0.2) is 18.2 Å². The van der Waals surface area contributed by atoms with Gasteiger partial charge in [-0.1, -0.05) is 18.1 Å². The van der Waals surface area contributed by atoms with Crippen molar-refractivity contribution in [3.63, 3.8) is 0 Å². The number of methoxy groups -OCH3 is 1. The van der Waals surface area contributed by atoms with E-state index in [1.54, 1.807) is 12.1 Å². The number of hydrogen-bond acceptors (Lipinski definition) is 3. The Kier molecular flexibility index (Phi) is 3.75. The van der Waals surface area contributed by atoms with Crippen molar-refractivity contribution in [3.8, 4) is 18.1 Å². The Hall–Kier alpha value is -1.95. The molecule has 0 spiro atoms. The van der Waals surface area contributed by atoms with Crippen LogP contribution >= 0.6 is 0 Å². The van der Waals surface area contributed by atoms with E-state index in [1.807, 2.05) is 0 Å². The molecule has 3 nitrogen and oxygen atoms in total. The number of rotatable bonds is 3. The van der Waals surface area contributed by atoms with Gasteiger partial charge < -0.3 is 9.84 Å². The van der Waals surface area contributed by atoms with Crippen LogP contribution < -0.4 is 0 Å². The maximum Gasteiger partial charge on any atom is 0.307 e. The molecule has 1 rings (SSSR count). The van der Waals surface area contributed by atoms with Crippen LogP contribution in [0.5, 0.6) is 5.75 Å². The van der Waals surface area contributed by atoms with E-state index in [4.69, 9.17) is 11.5 Å². The van der Waals surface area contributed by atoms with Gasteiger partial charge in [-0.05, 0) is 17.7 Å². The number of phenols is 1. The van der Waals surface area contributed by atoms with Crippen LogP contribution in [0.1, 0.15) is 17.9 Å². The van der Waals surface area contributed by atoms with E-state index < -0.39 is 0 Å². The highest BCUT2D eigenvalue weighted by Crippen LogP contribution is 2.21. The zero-order valence-corrected chi connectivity index (χ0v) is 8.43. The first-order chi connectivity index (χ1) is 7.17. The fraction of sp³-hybridized carbons (Fsp3) is 0.250. The Morgan fingerprint density at radius 1 is 1.53 bits per heavy atom. The standard InChI is InChI=1S/C12H12O3/c1-3-9(8-12(14)15-2)10-4-6-11(13)7-5-10/h1,4-7,9,13H,8H2,2H3/t9-/m1/s1. The second-order valence-electron chi connectivity index (χ2n) is 3.09. The molecular formula is C12H12O3. The van der Waals surface area contributed by atoms with Gasteiger partial charge in [-0.2, -0.15) is 0 Å². The number of aromatic hydroxyl groups is 1. The third kappa shape index (κ3) is 3.03. The van der Waals surface area contributed by atoms with Gasteiger partial charge >= 0.3 is 5.97 Å². The van der Waals surface area contributed by atoms with Crippen molar-refractivity contribution >= 4 is 5.97 Å². The number of hydrogen-bond donors (Lipinski definition) is 1. The molecule has 1 aromatic rings. The van der Waals surface area contributed by atoms with Gasteiger partial charge in [0.05, 0.1) is 19.4 Å². The lowest BCUT2D eigenvalue weighted by Gasteiger charge is -2.09. The average molecular weight is 204 g/mol. The molecule has 0 aliphatic carbocycles. The molecule has 1 aromatic carbocycles. The quantitative estimate of drug-likeness (QED) is 0.601. The van der Waals surface area contributed by atoms with E-state index in [-0.39, 0.29) is 24.1 Å². The number of terminal acetylenes is 1. The molecule has 0 bridgehead atoms. The van der Waals surface area contributed by atoms with Gasteiger partial charge in [-0.15, -0.1) is 6.42 Å². The van der Waals surface area contributed by atoms with Gasteiger partial charge in [0.2, 0.25) is 0 Å². The van der Waals surface area contributed by atoms with Gasteiger partial charge in [0.25, 0.3) is 0 Å². The molecule has 0 radical (unpaired) electrons. The Balaban J connectivity index is 2.80. The number of esters is 1. The van der Waals surface area contributed by atoms with E-state index in [9.17, 15) is 4.79 Å². The molecule has 0 amide bonds. The van der Waals surface area contributed by atoms with Crippen LogP contribution in [0.15, 0.2) is 24.3 Å². The zero-order valence-electron chi connectivity index (χ0n) is 8.43. The summed E-state index contributed by atoms with van der Waals surface area (Å²) >= 11 is 0. The highest BCUT2D eigenvalue weighted by molar-refractivity contribution is 5.71. The Morgan fingerprint density at radius 3 is 2.60 bits per heavy atom. The van der Waals surface area contributed by atoms with Crippen molar-refractivity contribution in [3.05, 3.63) is 29.8 Å². The normalized spacial score (nSPS) is 11.5. The number of benzene rings is 1. The van der Waals surface area contributed by atoms with Crippen molar-refractivity contribution < 1.29 is 14.6 Å². The van der Waals surface area contributed by atoms with Crippen LogP contribution in [0.3, 0.4) is 0 Å². The number of carbonyl (C=O) groups is 1. The van der Waals surface area contributed by atoms with Crippen LogP contribution in [-0.2, 0) is 9.53 Å². The predicted molar refractivity (Wildman–Crippen MR) is 56.3 cm³/mol. The van der Waals surface area contributed by atoms with E-state index in [0.29, 0.717) is 0 Å². The van der Waals surface area contributed by atoms with Crippen molar-refractivity contribution in [2.75, 3.05) is 7.11 Å². The first kappa shape index (κ1) is 11.1. The summed E-state index contributed by atoms with van der Waals surface area (Å²) in [4.78, 5) is 11.1. The molecular weight excluding hydrogens is 192 g/mol. The molecule has 15 heavy (non-hydrogen) atoms. The summed E-state index contributed by atoms with van der Waals surface area (Å²) in [6.45, 7) is 0. The first-order valence-corrected chi connectivity index (χ1v) is 4.49. The minimum Gasteiger partial charge on any atom is -0.508 e. The zero-order chi connectivity index (χ0) is 11.3. The lowest BCUT2D eigenvalue weighted by atomic mass is 9.97. The van der Waals surface area contributed by atoms with E-state index in [1.165, 1.54) is 19.2 Å². The SMILES string of the molecule is C#C[C@H](CC(=O)OC)c1ccc(O)cc1. The molecule has 0 heterocycles. The van der Waals surface area contributed by atoms with Crippen molar-refractivity contribution in [1.82, 2.24) is 0 Å². The van der Waals surface area contributed by atoms with Gasteiger partial charge in [-0.25, -0.2) is 0 Å². The Labute approximate surface area is 88.7 Å². The predicted octanol–water partition coefficient (Wildman–Crippen LogP) is 1.67.